The molecule has 5 heteroatoms. The molecule has 0 radical (unpaired) electrons. The maximum absolute atomic E-state index is 10.6. The molecule has 1 N–H and O–H groups in total. The summed E-state index contributed by atoms with van der Waals surface area (Å²) >= 11 is 0. The lowest BCUT2D eigenvalue weighted by atomic mass is 10.2. The molecule has 0 amide bonds. The van der Waals surface area contributed by atoms with Gasteiger partial charge in [0.2, 0.25) is 0 Å². The molecule has 2 rings (SSSR count). The lowest BCUT2D eigenvalue weighted by Gasteiger charge is -2.11. The zero-order valence-electron chi connectivity index (χ0n) is 11.9. The monoisotopic (exact) mass is 282 g/mol. The number of carbonyl (C=O) groups is 1. The Hall–Kier alpha value is -2.82. The van der Waals surface area contributed by atoms with Crippen molar-refractivity contribution in [2.45, 2.75) is 0 Å². The first-order valence-corrected chi connectivity index (χ1v) is 6.44. The Morgan fingerprint density at radius 1 is 1.10 bits per heavy atom. The van der Waals surface area contributed by atoms with Gasteiger partial charge in [0, 0.05) is 19.8 Å². The van der Waals surface area contributed by atoms with Crippen LogP contribution in [0.25, 0.3) is 0 Å². The Labute approximate surface area is 123 Å². The van der Waals surface area contributed by atoms with Crippen molar-refractivity contribution in [3.05, 3.63) is 59.7 Å². The quantitative estimate of drug-likeness (QED) is 0.667. The van der Waals surface area contributed by atoms with Crippen molar-refractivity contribution in [2.24, 2.45) is 5.10 Å². The smallest absolute Gasteiger partial charge is 0.0715 e. The van der Waals surface area contributed by atoms with E-state index in [1.165, 1.54) is 12.1 Å². The van der Waals surface area contributed by atoms with Crippen molar-refractivity contribution in [2.75, 3.05) is 24.4 Å². The average Bonchev–Trinajstić information content (AvgIpc) is 2.48. The Bertz CT molecular complexity index is 632. The zero-order chi connectivity index (χ0) is 15.2. The molecule has 108 valence electrons. The van der Waals surface area contributed by atoms with Crippen LogP contribution in [-0.2, 0) is 0 Å². The highest BCUT2D eigenvalue weighted by atomic mass is 16.4. The number of hydrogen-bond acceptors (Lipinski definition) is 5. The second kappa shape index (κ2) is 6.56. The van der Waals surface area contributed by atoms with E-state index in [2.05, 4.69) is 10.5 Å². The number of rotatable bonds is 5. The van der Waals surface area contributed by atoms with Crippen LogP contribution in [0.3, 0.4) is 0 Å². The van der Waals surface area contributed by atoms with Gasteiger partial charge >= 0.3 is 0 Å². The number of carbonyl (C=O) groups excluding carboxylic acids is 1. The lowest BCUT2D eigenvalue weighted by molar-refractivity contribution is -0.255. The highest BCUT2D eigenvalue weighted by Crippen LogP contribution is 2.11. The van der Waals surface area contributed by atoms with Gasteiger partial charge < -0.3 is 14.8 Å². The van der Waals surface area contributed by atoms with Gasteiger partial charge in [0.1, 0.15) is 0 Å². The number of hydrogen-bond donors (Lipinski definition) is 1. The third-order valence-corrected chi connectivity index (χ3v) is 2.94. The van der Waals surface area contributed by atoms with Gasteiger partial charge in [-0.3, -0.25) is 5.43 Å². The minimum absolute atomic E-state index is 0.142. The van der Waals surface area contributed by atoms with E-state index >= 15 is 0 Å². The van der Waals surface area contributed by atoms with Gasteiger partial charge in [-0.15, -0.1) is 0 Å². The van der Waals surface area contributed by atoms with E-state index in [0.29, 0.717) is 5.69 Å². The summed E-state index contributed by atoms with van der Waals surface area (Å²) in [6.07, 6.45) is 1.70. The van der Waals surface area contributed by atoms with Gasteiger partial charge in [-0.05, 0) is 35.4 Å². The maximum Gasteiger partial charge on any atom is 0.0715 e. The molecule has 2 aromatic carbocycles. The Morgan fingerprint density at radius 3 is 2.24 bits per heavy atom. The predicted octanol–water partition coefficient (Wildman–Crippen LogP) is 1.56. The van der Waals surface area contributed by atoms with Crippen molar-refractivity contribution >= 4 is 23.6 Å². The Kier molecular flexibility index (Phi) is 4.56. The molecule has 0 bridgehead atoms. The minimum atomic E-state index is -1.19. The lowest BCUT2D eigenvalue weighted by Crippen LogP contribution is -2.21. The first-order valence-electron chi connectivity index (χ1n) is 6.44. The topological polar surface area (TPSA) is 67.8 Å². The normalized spacial score (nSPS) is 10.6. The highest BCUT2D eigenvalue weighted by molar-refractivity contribution is 5.86. The summed E-state index contributed by atoms with van der Waals surface area (Å²) in [4.78, 5) is 12.6. The summed E-state index contributed by atoms with van der Waals surface area (Å²) in [6.45, 7) is 0. The van der Waals surface area contributed by atoms with E-state index in [-0.39, 0.29) is 5.56 Å². The number of anilines is 2. The standard InChI is InChI=1S/C16H17N3O2/c1-19(2)15-9-3-12(4-10-15)11-17-18-14-7-5-13(6-8-14)16(20)21/h3-11,18H,1-2H3,(H,20,21)/p-1. The summed E-state index contributed by atoms with van der Waals surface area (Å²) in [6, 6.07) is 14.2. The number of carboxylic acids is 1. The van der Waals surface area contributed by atoms with Crippen LogP contribution in [0, 0.1) is 0 Å². The van der Waals surface area contributed by atoms with E-state index in [9.17, 15) is 9.90 Å². The molecule has 21 heavy (non-hydrogen) atoms. The molecule has 0 aliphatic rings. The molecule has 0 aliphatic heterocycles. The fourth-order valence-corrected chi connectivity index (χ4v) is 1.72. The second-order valence-electron chi connectivity index (χ2n) is 4.72. The second-order valence-corrected chi connectivity index (χ2v) is 4.72. The fraction of sp³-hybridized carbons (Fsp3) is 0.125. The van der Waals surface area contributed by atoms with E-state index in [0.717, 1.165) is 11.3 Å². The van der Waals surface area contributed by atoms with E-state index < -0.39 is 5.97 Å². The van der Waals surface area contributed by atoms with Crippen LogP contribution in [0.15, 0.2) is 53.6 Å². The minimum Gasteiger partial charge on any atom is -0.545 e. The maximum atomic E-state index is 10.6. The summed E-state index contributed by atoms with van der Waals surface area (Å²) in [5.74, 6) is -1.19. The fourth-order valence-electron chi connectivity index (χ4n) is 1.72. The third kappa shape index (κ3) is 4.07. The van der Waals surface area contributed by atoms with Crippen molar-refractivity contribution in [3.8, 4) is 0 Å². The molecule has 2 aromatic rings. The zero-order valence-corrected chi connectivity index (χ0v) is 11.9. The predicted molar refractivity (Wildman–Crippen MR) is 82.8 cm³/mol. The number of nitrogens with one attached hydrogen (secondary N) is 1. The van der Waals surface area contributed by atoms with Gasteiger partial charge in [-0.25, -0.2) is 0 Å². The van der Waals surface area contributed by atoms with E-state index in [4.69, 9.17) is 0 Å². The van der Waals surface area contributed by atoms with Gasteiger partial charge in [-0.1, -0.05) is 24.3 Å². The SMILES string of the molecule is CN(C)c1ccc(C=NNc2ccc(C(=O)[O-])cc2)cc1. The van der Waals surface area contributed by atoms with Crippen LogP contribution < -0.4 is 15.4 Å². The summed E-state index contributed by atoms with van der Waals surface area (Å²) in [5.41, 5.74) is 5.79. The first-order chi connectivity index (χ1) is 10.1. The molecule has 0 spiro atoms. The number of benzene rings is 2. The molecule has 0 atom stereocenters. The van der Waals surface area contributed by atoms with Crippen LogP contribution in [-0.4, -0.2) is 26.3 Å². The molecular weight excluding hydrogens is 266 g/mol. The van der Waals surface area contributed by atoms with Crippen LogP contribution >= 0.6 is 0 Å². The summed E-state index contributed by atoms with van der Waals surface area (Å²) in [7, 11) is 3.97. The van der Waals surface area contributed by atoms with Gasteiger partial charge in [0.25, 0.3) is 0 Å². The van der Waals surface area contributed by atoms with Gasteiger partial charge in [0.15, 0.2) is 0 Å². The molecule has 0 unspecified atom stereocenters. The molecule has 0 fully saturated rings. The van der Waals surface area contributed by atoms with Gasteiger partial charge in [0.05, 0.1) is 17.9 Å². The average molecular weight is 282 g/mol. The van der Waals surface area contributed by atoms with Gasteiger partial charge in [-0.2, -0.15) is 5.10 Å². The van der Waals surface area contributed by atoms with E-state index in [1.54, 1.807) is 18.3 Å². The van der Waals surface area contributed by atoms with Crippen LogP contribution in [0.2, 0.25) is 0 Å². The van der Waals surface area contributed by atoms with Crippen molar-refractivity contribution in [3.63, 3.8) is 0 Å². The summed E-state index contributed by atoms with van der Waals surface area (Å²) in [5, 5.41) is 14.7. The van der Waals surface area contributed by atoms with Crippen LogP contribution in [0.4, 0.5) is 11.4 Å². The molecule has 0 heterocycles. The molecule has 0 saturated carbocycles. The molecule has 0 aliphatic carbocycles. The van der Waals surface area contributed by atoms with Crippen molar-refractivity contribution in [1.29, 1.82) is 0 Å². The van der Waals surface area contributed by atoms with Crippen molar-refractivity contribution in [1.82, 2.24) is 0 Å². The Balaban J connectivity index is 1.97. The summed E-state index contributed by atoms with van der Waals surface area (Å²) < 4.78 is 0. The molecule has 0 saturated heterocycles. The molecule has 0 aromatic heterocycles. The molecular formula is C16H16N3O2-. The van der Waals surface area contributed by atoms with Crippen LogP contribution in [0.1, 0.15) is 15.9 Å². The number of aromatic carboxylic acids is 1. The first kappa shape index (κ1) is 14.6. The highest BCUT2D eigenvalue weighted by Gasteiger charge is 1.95. The van der Waals surface area contributed by atoms with E-state index in [1.807, 2.05) is 43.3 Å². The third-order valence-electron chi connectivity index (χ3n) is 2.94. The largest absolute Gasteiger partial charge is 0.545 e. The number of carboxylic acid groups (broad SMARTS) is 1. The van der Waals surface area contributed by atoms with Crippen LogP contribution in [0.5, 0.6) is 0 Å². The number of hydrazone groups is 1. The van der Waals surface area contributed by atoms with Crippen molar-refractivity contribution < 1.29 is 9.90 Å². The number of nitrogens with zero attached hydrogens (tertiary/aromatic N) is 2. The Morgan fingerprint density at radius 2 is 1.71 bits per heavy atom. The molecule has 5 nitrogen and oxygen atoms in total.